The summed E-state index contributed by atoms with van der Waals surface area (Å²) in [5.74, 6) is -1.16. The van der Waals surface area contributed by atoms with Crippen LogP contribution in [-0.2, 0) is 32.7 Å². The molecule has 6 N–H and O–H groups in total. The average molecular weight is 861 g/mol. The van der Waals surface area contributed by atoms with Crippen molar-refractivity contribution in [1.29, 1.82) is 0 Å². The molecule has 0 radical (unpaired) electrons. The van der Waals surface area contributed by atoms with Gasteiger partial charge in [-0.05, 0) is 70.6 Å². The molecule has 0 aromatic carbocycles. The molecule has 0 saturated heterocycles. The van der Waals surface area contributed by atoms with Crippen LogP contribution in [0, 0.1) is 0 Å². The zero-order chi connectivity index (χ0) is 43.6. The van der Waals surface area contributed by atoms with Crippen molar-refractivity contribution in [3.05, 3.63) is 36.5 Å². The lowest BCUT2D eigenvalue weighted by Crippen LogP contribution is -2.64. The Morgan fingerprint density at radius 1 is 0.525 bits per heavy atom. The van der Waals surface area contributed by atoms with Gasteiger partial charge in [-0.1, -0.05) is 134 Å². The van der Waals surface area contributed by atoms with Crippen LogP contribution in [0.5, 0.6) is 0 Å². The highest BCUT2D eigenvalue weighted by atomic mass is 31.2. The van der Waals surface area contributed by atoms with Crippen molar-refractivity contribution in [2.75, 3.05) is 13.2 Å². The van der Waals surface area contributed by atoms with E-state index in [2.05, 4.69) is 50.3 Å². The van der Waals surface area contributed by atoms with Crippen LogP contribution < -0.4 is 0 Å². The first kappa shape index (κ1) is 55.1. The molecule has 0 aliphatic heterocycles. The number of carbonyl (C=O) groups excluding carboxylic acids is 2. The number of hydrogen-bond donors (Lipinski definition) is 6. The Labute approximate surface area is 355 Å². The van der Waals surface area contributed by atoms with Gasteiger partial charge < -0.3 is 39.9 Å². The molecule has 0 bridgehead atoms. The Balaban J connectivity index is 2.51. The van der Waals surface area contributed by atoms with E-state index in [0.717, 1.165) is 51.4 Å². The van der Waals surface area contributed by atoms with E-state index >= 15 is 0 Å². The van der Waals surface area contributed by atoms with Crippen LogP contribution in [0.25, 0.3) is 0 Å². The van der Waals surface area contributed by atoms with Crippen LogP contribution in [0.4, 0.5) is 0 Å². The second-order valence-corrected chi connectivity index (χ2v) is 17.3. The maximum Gasteiger partial charge on any atom is 0.472 e. The van der Waals surface area contributed by atoms with E-state index in [1.54, 1.807) is 0 Å². The lowest BCUT2D eigenvalue weighted by atomic mass is 9.85. The second kappa shape index (κ2) is 35.6. The summed E-state index contributed by atoms with van der Waals surface area (Å²) in [6.45, 7) is 3.24. The number of unbranched alkanes of at least 4 members (excludes halogenated alkanes) is 19. The van der Waals surface area contributed by atoms with Gasteiger partial charge in [-0.3, -0.25) is 18.6 Å². The van der Waals surface area contributed by atoms with E-state index in [0.29, 0.717) is 12.8 Å². The molecule has 1 saturated carbocycles. The number of carbonyl (C=O) groups is 2. The number of phosphoric ester groups is 1. The number of aliphatic hydroxyl groups is 5. The van der Waals surface area contributed by atoms with Crippen LogP contribution in [0.2, 0.25) is 0 Å². The van der Waals surface area contributed by atoms with Gasteiger partial charge in [0.05, 0.1) is 6.61 Å². The van der Waals surface area contributed by atoms with E-state index in [4.69, 9.17) is 18.5 Å². The van der Waals surface area contributed by atoms with Crippen LogP contribution in [0.1, 0.15) is 181 Å². The average Bonchev–Trinajstić information content (AvgIpc) is 3.21. The number of esters is 2. The second-order valence-electron chi connectivity index (χ2n) is 15.9. The van der Waals surface area contributed by atoms with Gasteiger partial charge in [0, 0.05) is 12.8 Å². The Kier molecular flexibility index (Phi) is 33.3. The van der Waals surface area contributed by atoms with Crippen molar-refractivity contribution in [3.8, 4) is 0 Å². The Hall–Kier alpha value is -1.93. The number of aliphatic hydroxyl groups excluding tert-OH is 5. The molecule has 59 heavy (non-hydrogen) atoms. The van der Waals surface area contributed by atoms with Gasteiger partial charge in [-0.25, -0.2) is 4.57 Å². The molecule has 8 atom stereocenters. The Bertz CT molecular complexity index is 1180. The molecule has 6 unspecified atom stereocenters. The zero-order valence-corrected chi connectivity index (χ0v) is 37.2. The third-order valence-electron chi connectivity index (χ3n) is 10.5. The predicted molar refractivity (Wildman–Crippen MR) is 230 cm³/mol. The van der Waals surface area contributed by atoms with Crippen LogP contribution in [-0.4, -0.2) is 98.3 Å². The summed E-state index contributed by atoms with van der Waals surface area (Å²) in [5, 5.41) is 50.1. The van der Waals surface area contributed by atoms with Gasteiger partial charge in [0.1, 0.15) is 43.2 Å². The van der Waals surface area contributed by atoms with Crippen LogP contribution >= 0.6 is 7.82 Å². The minimum atomic E-state index is -5.13. The highest BCUT2D eigenvalue weighted by Crippen LogP contribution is 2.47. The highest BCUT2D eigenvalue weighted by molar-refractivity contribution is 7.47. The first-order valence-electron chi connectivity index (χ1n) is 22.8. The van der Waals surface area contributed by atoms with Gasteiger partial charge >= 0.3 is 19.8 Å². The molecule has 344 valence electrons. The van der Waals surface area contributed by atoms with Crippen LogP contribution in [0.3, 0.4) is 0 Å². The third-order valence-corrected chi connectivity index (χ3v) is 11.4. The standard InChI is InChI=1S/C45H81O13P/c1-3-5-7-9-11-13-15-17-19-21-23-25-27-29-31-33-38(46)55-35-37(36-56-59(53,54)58-45-43(51)41(49)40(48)42(50)44(45)52)57-39(47)34-32-30-28-26-24-22-20-18-16-14-12-10-8-6-4-2/h17,19,22-25,37,40-45,48-52H,3-16,18,20-21,26-36H2,1-2H3,(H,53,54)/b19-17+,24-22+,25-23+/t37-,40?,41-,42?,43?,44?,45?/m1/s1. The fourth-order valence-electron chi connectivity index (χ4n) is 6.72. The third kappa shape index (κ3) is 28.3. The summed E-state index contributed by atoms with van der Waals surface area (Å²) in [7, 11) is -5.13. The normalized spacial score (nSPS) is 22.6. The largest absolute Gasteiger partial charge is 0.472 e. The first-order valence-corrected chi connectivity index (χ1v) is 24.3. The zero-order valence-electron chi connectivity index (χ0n) is 36.3. The molecule has 1 aliphatic rings. The summed E-state index contributed by atoms with van der Waals surface area (Å²) < 4.78 is 33.4. The lowest BCUT2D eigenvalue weighted by Gasteiger charge is -2.41. The van der Waals surface area contributed by atoms with Crippen molar-refractivity contribution in [2.45, 2.75) is 224 Å². The molecule has 0 spiro atoms. The van der Waals surface area contributed by atoms with Crippen molar-refractivity contribution < 1.29 is 63.1 Å². The fraction of sp³-hybridized carbons (Fsp3) is 0.822. The first-order chi connectivity index (χ1) is 28.4. The Morgan fingerprint density at radius 3 is 1.42 bits per heavy atom. The maximum absolute atomic E-state index is 12.8. The number of ether oxygens (including phenoxy) is 2. The van der Waals surface area contributed by atoms with Gasteiger partial charge in [-0.2, -0.15) is 0 Å². The van der Waals surface area contributed by atoms with E-state index in [9.17, 15) is 44.6 Å². The minimum absolute atomic E-state index is 0.0701. The Morgan fingerprint density at radius 2 is 0.915 bits per heavy atom. The van der Waals surface area contributed by atoms with Gasteiger partial charge in [0.25, 0.3) is 0 Å². The van der Waals surface area contributed by atoms with E-state index in [1.807, 2.05) is 0 Å². The molecule has 14 heteroatoms. The SMILES string of the molecule is CCCCCCCC/C=C/C/C=C/CCCCC(=O)OC[C@H](COP(=O)(O)OC1C(O)C(O)C(O)[C@@H](O)C1O)OC(=O)CCCCC/C=C/CCCCCCCCCC. The number of phosphoric acid groups is 1. The molecule has 1 rings (SSSR count). The van der Waals surface area contributed by atoms with Gasteiger partial charge in [-0.15, -0.1) is 0 Å². The van der Waals surface area contributed by atoms with Gasteiger partial charge in [0.2, 0.25) is 0 Å². The van der Waals surface area contributed by atoms with Crippen molar-refractivity contribution in [2.24, 2.45) is 0 Å². The number of hydrogen-bond acceptors (Lipinski definition) is 12. The molecule has 0 amide bonds. The number of rotatable bonds is 37. The van der Waals surface area contributed by atoms with E-state index in [-0.39, 0.29) is 12.8 Å². The van der Waals surface area contributed by atoms with Crippen molar-refractivity contribution >= 4 is 19.8 Å². The summed E-state index contributed by atoms with van der Waals surface area (Å²) in [6.07, 6.45) is 26.4. The molecule has 1 aliphatic carbocycles. The molecule has 0 heterocycles. The topological polar surface area (TPSA) is 210 Å². The molecule has 0 aromatic heterocycles. The molecular weight excluding hydrogens is 779 g/mol. The van der Waals surface area contributed by atoms with Crippen molar-refractivity contribution in [1.82, 2.24) is 0 Å². The molecule has 1 fully saturated rings. The quantitative estimate of drug-likeness (QED) is 0.0150. The van der Waals surface area contributed by atoms with Gasteiger partial charge in [0.15, 0.2) is 6.10 Å². The smallest absolute Gasteiger partial charge is 0.462 e. The minimum Gasteiger partial charge on any atom is -0.462 e. The van der Waals surface area contributed by atoms with E-state index in [1.165, 1.54) is 89.9 Å². The predicted octanol–water partition coefficient (Wildman–Crippen LogP) is 8.61. The lowest BCUT2D eigenvalue weighted by molar-refractivity contribution is -0.220. The maximum atomic E-state index is 12.8. The molecule has 13 nitrogen and oxygen atoms in total. The highest BCUT2D eigenvalue weighted by Gasteiger charge is 2.51. The fourth-order valence-corrected chi connectivity index (χ4v) is 7.70. The number of allylic oxidation sites excluding steroid dienone is 6. The van der Waals surface area contributed by atoms with Crippen molar-refractivity contribution in [3.63, 3.8) is 0 Å². The molecular formula is C45H81O13P. The van der Waals surface area contributed by atoms with E-state index < -0.39 is 75.7 Å². The monoisotopic (exact) mass is 861 g/mol. The summed E-state index contributed by atoms with van der Waals surface area (Å²) in [6, 6.07) is 0. The molecule has 0 aromatic rings. The van der Waals surface area contributed by atoms with Crippen LogP contribution in [0.15, 0.2) is 36.5 Å². The summed E-state index contributed by atoms with van der Waals surface area (Å²) in [5.41, 5.74) is 0. The summed E-state index contributed by atoms with van der Waals surface area (Å²) in [4.78, 5) is 35.6. The summed E-state index contributed by atoms with van der Waals surface area (Å²) >= 11 is 0.